The lowest BCUT2D eigenvalue weighted by Gasteiger charge is -2.42. The summed E-state index contributed by atoms with van der Waals surface area (Å²) in [6.45, 7) is 10.1. The number of fused-ring (bicyclic) bond motifs is 4. The Labute approximate surface area is 218 Å². The number of ether oxygens (including phenoxy) is 7. The van der Waals surface area contributed by atoms with Crippen LogP contribution >= 0.6 is 0 Å². The molecule has 0 amide bonds. The zero-order valence-electron chi connectivity index (χ0n) is 23.1. The fourth-order valence-corrected chi connectivity index (χ4v) is 5.12. The minimum Gasteiger partial charge on any atom is -0.493 e. The van der Waals surface area contributed by atoms with Gasteiger partial charge in [0.15, 0.2) is 23.0 Å². The molecule has 200 valence electrons. The zero-order valence-corrected chi connectivity index (χ0v) is 23.1. The van der Waals surface area contributed by atoms with E-state index in [0.717, 1.165) is 16.7 Å². The standard InChI is InChI=1S/C29H36O8/c1-10-15(2)28(30)37-27-18-13-19(31-6)23(32-7)26(34-9)22(18)21-17(11-16(3)29(27,4)5)12-20-24(25(21)33-8)36-14-35-20/h10,12-13,16,27H,11,14H2,1-9H3/t16?,27-/m0/s1. The van der Waals surface area contributed by atoms with Gasteiger partial charge < -0.3 is 33.2 Å². The number of carbonyl (C=O) groups excluding carboxylic acids is 1. The molecule has 4 rings (SSSR count). The second kappa shape index (κ2) is 10.1. The molecular weight excluding hydrogens is 476 g/mol. The maximum atomic E-state index is 13.2. The molecule has 1 unspecified atom stereocenters. The first-order valence-corrected chi connectivity index (χ1v) is 12.3. The highest BCUT2D eigenvalue weighted by molar-refractivity contribution is 5.90. The molecule has 1 aliphatic heterocycles. The van der Waals surface area contributed by atoms with Crippen LogP contribution in [-0.2, 0) is 16.0 Å². The number of hydrogen-bond donors (Lipinski definition) is 0. The molecule has 1 heterocycles. The molecule has 1 aliphatic carbocycles. The molecule has 8 nitrogen and oxygen atoms in total. The number of carbonyl (C=O) groups is 1. The van der Waals surface area contributed by atoms with Crippen molar-refractivity contribution in [2.45, 2.75) is 47.1 Å². The molecule has 0 radical (unpaired) electrons. The van der Waals surface area contributed by atoms with Crippen molar-refractivity contribution in [2.24, 2.45) is 11.3 Å². The smallest absolute Gasteiger partial charge is 0.334 e. The third-order valence-electron chi connectivity index (χ3n) is 7.75. The summed E-state index contributed by atoms with van der Waals surface area (Å²) in [6.07, 6.45) is 1.77. The summed E-state index contributed by atoms with van der Waals surface area (Å²) in [6, 6.07) is 3.87. The van der Waals surface area contributed by atoms with E-state index in [1.807, 2.05) is 19.1 Å². The van der Waals surface area contributed by atoms with Crippen molar-refractivity contribution in [3.8, 4) is 45.6 Å². The van der Waals surface area contributed by atoms with Crippen molar-refractivity contribution < 1.29 is 38.0 Å². The largest absolute Gasteiger partial charge is 0.493 e. The Hall–Kier alpha value is -3.55. The van der Waals surface area contributed by atoms with Crippen molar-refractivity contribution in [2.75, 3.05) is 35.2 Å². The molecule has 0 fully saturated rings. The third kappa shape index (κ3) is 4.22. The summed E-state index contributed by atoms with van der Waals surface area (Å²) in [7, 11) is 6.31. The van der Waals surface area contributed by atoms with Crippen LogP contribution in [0.15, 0.2) is 23.8 Å². The van der Waals surface area contributed by atoms with Gasteiger partial charge in [-0.3, -0.25) is 0 Å². The van der Waals surface area contributed by atoms with Gasteiger partial charge in [0, 0.05) is 27.7 Å². The highest BCUT2D eigenvalue weighted by atomic mass is 16.7. The van der Waals surface area contributed by atoms with E-state index in [1.165, 1.54) is 0 Å². The predicted octanol–water partition coefficient (Wildman–Crippen LogP) is 5.89. The van der Waals surface area contributed by atoms with E-state index in [2.05, 4.69) is 20.8 Å². The molecule has 0 bridgehead atoms. The minimum atomic E-state index is -0.642. The number of esters is 1. The normalized spacial score (nSPS) is 19.6. The monoisotopic (exact) mass is 512 g/mol. The highest BCUT2D eigenvalue weighted by Gasteiger charge is 2.45. The maximum absolute atomic E-state index is 13.2. The van der Waals surface area contributed by atoms with E-state index in [-0.39, 0.29) is 18.7 Å². The molecule has 37 heavy (non-hydrogen) atoms. The second-order valence-electron chi connectivity index (χ2n) is 9.97. The molecule has 0 spiro atoms. The minimum absolute atomic E-state index is 0.0901. The first-order valence-electron chi connectivity index (χ1n) is 12.3. The van der Waals surface area contributed by atoms with Crippen LogP contribution in [0, 0.1) is 11.3 Å². The predicted molar refractivity (Wildman–Crippen MR) is 139 cm³/mol. The van der Waals surface area contributed by atoms with Crippen molar-refractivity contribution >= 4 is 5.97 Å². The second-order valence-corrected chi connectivity index (χ2v) is 9.97. The molecule has 2 atom stereocenters. The van der Waals surface area contributed by atoms with Gasteiger partial charge in [-0.15, -0.1) is 0 Å². The number of hydrogen-bond acceptors (Lipinski definition) is 8. The van der Waals surface area contributed by atoms with Crippen molar-refractivity contribution in [3.05, 3.63) is 34.9 Å². The molecule has 0 saturated heterocycles. The van der Waals surface area contributed by atoms with Gasteiger partial charge in [0.1, 0.15) is 6.10 Å². The summed E-state index contributed by atoms with van der Waals surface area (Å²) in [5.74, 6) is 2.73. The van der Waals surface area contributed by atoms with Gasteiger partial charge in [0.25, 0.3) is 0 Å². The molecule has 8 heteroatoms. The molecule has 2 aromatic rings. The Morgan fingerprint density at radius 1 is 0.973 bits per heavy atom. The van der Waals surface area contributed by atoms with E-state index in [1.54, 1.807) is 41.4 Å². The first-order chi connectivity index (χ1) is 17.6. The van der Waals surface area contributed by atoms with Crippen molar-refractivity contribution in [1.82, 2.24) is 0 Å². The van der Waals surface area contributed by atoms with Crippen LogP contribution in [0.5, 0.6) is 34.5 Å². The van der Waals surface area contributed by atoms with Gasteiger partial charge in [-0.1, -0.05) is 26.8 Å². The van der Waals surface area contributed by atoms with Crippen LogP contribution in [0.2, 0.25) is 0 Å². The van der Waals surface area contributed by atoms with E-state index >= 15 is 0 Å². The average Bonchev–Trinajstić information content (AvgIpc) is 3.36. The van der Waals surface area contributed by atoms with Crippen LogP contribution < -0.4 is 28.4 Å². The van der Waals surface area contributed by atoms with E-state index in [9.17, 15) is 4.79 Å². The topological polar surface area (TPSA) is 81.7 Å². The Bertz CT molecular complexity index is 1240. The van der Waals surface area contributed by atoms with Gasteiger partial charge in [0.05, 0.1) is 28.4 Å². The quantitative estimate of drug-likeness (QED) is 0.350. The van der Waals surface area contributed by atoms with E-state index in [0.29, 0.717) is 52.1 Å². The Morgan fingerprint density at radius 3 is 2.24 bits per heavy atom. The lowest BCUT2D eigenvalue weighted by molar-refractivity contribution is -0.153. The zero-order chi connectivity index (χ0) is 27.1. The van der Waals surface area contributed by atoms with Crippen LogP contribution in [0.3, 0.4) is 0 Å². The lowest BCUT2D eigenvalue weighted by atomic mass is 9.67. The summed E-state index contributed by atoms with van der Waals surface area (Å²) in [5, 5.41) is 0. The number of rotatable bonds is 6. The summed E-state index contributed by atoms with van der Waals surface area (Å²) >= 11 is 0. The van der Waals surface area contributed by atoms with Crippen LogP contribution in [0.4, 0.5) is 0 Å². The van der Waals surface area contributed by atoms with Gasteiger partial charge in [0.2, 0.25) is 18.3 Å². The van der Waals surface area contributed by atoms with Crippen molar-refractivity contribution in [1.29, 1.82) is 0 Å². The summed E-state index contributed by atoms with van der Waals surface area (Å²) < 4.78 is 41.3. The fourth-order valence-electron chi connectivity index (χ4n) is 5.12. The average molecular weight is 513 g/mol. The lowest BCUT2D eigenvalue weighted by Crippen LogP contribution is -2.35. The molecule has 0 aromatic heterocycles. The molecular formula is C29H36O8. The Morgan fingerprint density at radius 2 is 1.65 bits per heavy atom. The molecule has 0 saturated carbocycles. The third-order valence-corrected chi connectivity index (χ3v) is 7.75. The summed E-state index contributed by atoms with van der Waals surface area (Å²) in [4.78, 5) is 13.2. The molecule has 2 aromatic carbocycles. The molecule has 0 N–H and O–H groups in total. The number of benzene rings is 2. The first kappa shape index (κ1) is 26.5. The van der Waals surface area contributed by atoms with Gasteiger partial charge in [-0.25, -0.2) is 4.79 Å². The maximum Gasteiger partial charge on any atom is 0.334 e. The fraction of sp³-hybridized carbons (Fsp3) is 0.483. The summed E-state index contributed by atoms with van der Waals surface area (Å²) in [5.41, 5.74) is 3.25. The Kier molecular flexibility index (Phi) is 7.22. The molecule has 2 aliphatic rings. The number of allylic oxidation sites excluding steroid dienone is 1. The van der Waals surface area contributed by atoms with E-state index in [4.69, 9.17) is 33.2 Å². The van der Waals surface area contributed by atoms with E-state index < -0.39 is 11.5 Å². The SMILES string of the molecule is CC=C(C)C(=O)O[C@H]1c2cc(OC)c(OC)c(OC)c2-c2c(cc3c(c2OC)OCO3)CC(C)C1(C)C. The van der Waals surface area contributed by atoms with Crippen LogP contribution in [0.25, 0.3) is 11.1 Å². The van der Waals surface area contributed by atoms with Gasteiger partial charge >= 0.3 is 5.97 Å². The van der Waals surface area contributed by atoms with Gasteiger partial charge in [-0.05, 0) is 43.9 Å². The van der Waals surface area contributed by atoms with Gasteiger partial charge in [-0.2, -0.15) is 0 Å². The number of methoxy groups -OCH3 is 4. The van der Waals surface area contributed by atoms with Crippen LogP contribution in [-0.4, -0.2) is 41.2 Å². The highest BCUT2D eigenvalue weighted by Crippen LogP contribution is 2.60. The van der Waals surface area contributed by atoms with Crippen LogP contribution in [0.1, 0.15) is 51.8 Å². The van der Waals surface area contributed by atoms with Crippen molar-refractivity contribution in [3.63, 3.8) is 0 Å². The Balaban J connectivity index is 2.17.